The molecule has 0 unspecified atom stereocenters. The standard InChI is InChI=1S/C11H14N2O3/c1-13(7-10(14)16-2)11(15)8-4-3-5-9(12)6-8/h3-6H,7,12H2,1-2H3. The molecular formula is C11H14N2O3. The quantitative estimate of drug-likeness (QED) is 0.597. The minimum atomic E-state index is -0.459. The van der Waals surface area contributed by atoms with Gasteiger partial charge in [0.2, 0.25) is 0 Å². The molecular weight excluding hydrogens is 208 g/mol. The summed E-state index contributed by atoms with van der Waals surface area (Å²) in [5, 5.41) is 0. The number of hydrogen-bond acceptors (Lipinski definition) is 4. The van der Waals surface area contributed by atoms with Crippen molar-refractivity contribution in [3.05, 3.63) is 29.8 Å². The number of likely N-dealkylation sites (N-methyl/N-ethyl adjacent to an activating group) is 1. The van der Waals surface area contributed by atoms with E-state index in [1.807, 2.05) is 0 Å². The predicted octanol–water partition coefficient (Wildman–Crippen LogP) is 0.514. The smallest absolute Gasteiger partial charge is 0.325 e. The van der Waals surface area contributed by atoms with Crippen molar-refractivity contribution in [3.8, 4) is 0 Å². The molecule has 16 heavy (non-hydrogen) atoms. The Hall–Kier alpha value is -2.04. The Bertz CT molecular complexity index is 404. The zero-order valence-electron chi connectivity index (χ0n) is 9.27. The van der Waals surface area contributed by atoms with Crippen LogP contribution in [0.15, 0.2) is 24.3 Å². The molecule has 0 atom stereocenters. The maximum Gasteiger partial charge on any atom is 0.325 e. The average molecular weight is 222 g/mol. The zero-order chi connectivity index (χ0) is 12.1. The van der Waals surface area contributed by atoms with Crippen molar-refractivity contribution < 1.29 is 14.3 Å². The molecule has 1 aromatic carbocycles. The zero-order valence-corrected chi connectivity index (χ0v) is 9.27. The molecule has 1 amide bonds. The van der Waals surface area contributed by atoms with E-state index in [1.54, 1.807) is 24.3 Å². The summed E-state index contributed by atoms with van der Waals surface area (Å²) in [5.74, 6) is -0.725. The van der Waals surface area contributed by atoms with Gasteiger partial charge in [0, 0.05) is 18.3 Å². The number of carbonyl (C=O) groups excluding carboxylic acids is 2. The van der Waals surface area contributed by atoms with Gasteiger partial charge in [0.05, 0.1) is 7.11 Å². The highest BCUT2D eigenvalue weighted by atomic mass is 16.5. The Morgan fingerprint density at radius 3 is 2.69 bits per heavy atom. The second kappa shape index (κ2) is 5.16. The fraction of sp³-hybridized carbons (Fsp3) is 0.273. The number of ether oxygens (including phenoxy) is 1. The van der Waals surface area contributed by atoms with Crippen LogP contribution in [0.5, 0.6) is 0 Å². The van der Waals surface area contributed by atoms with Crippen molar-refractivity contribution in [2.24, 2.45) is 0 Å². The number of methoxy groups -OCH3 is 1. The van der Waals surface area contributed by atoms with E-state index < -0.39 is 5.97 Å². The fourth-order valence-electron chi connectivity index (χ4n) is 1.22. The number of benzene rings is 1. The second-order valence-corrected chi connectivity index (χ2v) is 3.36. The summed E-state index contributed by atoms with van der Waals surface area (Å²) in [6, 6.07) is 6.59. The number of esters is 1. The van der Waals surface area contributed by atoms with Gasteiger partial charge >= 0.3 is 5.97 Å². The molecule has 0 spiro atoms. The second-order valence-electron chi connectivity index (χ2n) is 3.36. The van der Waals surface area contributed by atoms with Gasteiger partial charge in [-0.05, 0) is 18.2 Å². The van der Waals surface area contributed by atoms with Crippen molar-refractivity contribution in [1.29, 1.82) is 0 Å². The third kappa shape index (κ3) is 2.98. The summed E-state index contributed by atoms with van der Waals surface area (Å²) >= 11 is 0. The van der Waals surface area contributed by atoms with Gasteiger partial charge in [-0.1, -0.05) is 6.07 Å². The van der Waals surface area contributed by atoms with Gasteiger partial charge in [-0.15, -0.1) is 0 Å². The van der Waals surface area contributed by atoms with E-state index in [1.165, 1.54) is 19.1 Å². The van der Waals surface area contributed by atoms with Gasteiger partial charge in [-0.2, -0.15) is 0 Å². The molecule has 0 saturated carbocycles. The summed E-state index contributed by atoms with van der Waals surface area (Å²) < 4.78 is 4.47. The van der Waals surface area contributed by atoms with Crippen LogP contribution in [0.1, 0.15) is 10.4 Å². The molecule has 0 aliphatic carbocycles. The fourth-order valence-corrected chi connectivity index (χ4v) is 1.22. The molecule has 5 nitrogen and oxygen atoms in total. The van der Waals surface area contributed by atoms with Gasteiger partial charge < -0.3 is 15.4 Å². The number of nitrogens with two attached hydrogens (primary N) is 1. The molecule has 2 N–H and O–H groups in total. The van der Waals surface area contributed by atoms with Crippen molar-refractivity contribution in [1.82, 2.24) is 4.90 Å². The number of carbonyl (C=O) groups is 2. The summed E-state index contributed by atoms with van der Waals surface area (Å²) in [4.78, 5) is 24.1. The monoisotopic (exact) mass is 222 g/mol. The number of amides is 1. The third-order valence-electron chi connectivity index (χ3n) is 2.07. The maximum absolute atomic E-state index is 11.8. The Morgan fingerprint density at radius 1 is 1.44 bits per heavy atom. The first-order valence-electron chi connectivity index (χ1n) is 4.72. The number of hydrogen-bond donors (Lipinski definition) is 1. The maximum atomic E-state index is 11.8. The number of rotatable bonds is 3. The minimum Gasteiger partial charge on any atom is -0.468 e. The summed E-state index contributed by atoms with van der Waals surface area (Å²) in [6.07, 6.45) is 0. The summed E-state index contributed by atoms with van der Waals surface area (Å²) in [6.45, 7) is -0.0792. The Morgan fingerprint density at radius 2 is 2.12 bits per heavy atom. The number of nitrogen functional groups attached to an aromatic ring is 1. The molecule has 0 heterocycles. The molecule has 0 saturated heterocycles. The Balaban J connectivity index is 2.74. The molecule has 0 bridgehead atoms. The Kier molecular flexibility index (Phi) is 3.88. The van der Waals surface area contributed by atoms with Crippen LogP contribution in [0.3, 0.4) is 0 Å². The van der Waals surface area contributed by atoms with Crippen LogP contribution in [0.4, 0.5) is 5.69 Å². The van der Waals surface area contributed by atoms with Crippen molar-refractivity contribution >= 4 is 17.6 Å². The van der Waals surface area contributed by atoms with Crippen LogP contribution in [0.25, 0.3) is 0 Å². The number of anilines is 1. The van der Waals surface area contributed by atoms with Gasteiger partial charge in [0.25, 0.3) is 5.91 Å². The van der Waals surface area contributed by atoms with E-state index in [0.717, 1.165) is 0 Å². The van der Waals surface area contributed by atoms with E-state index in [4.69, 9.17) is 5.73 Å². The molecule has 0 aliphatic heterocycles. The molecule has 0 fully saturated rings. The molecule has 0 aliphatic rings. The molecule has 1 rings (SSSR count). The molecule has 86 valence electrons. The lowest BCUT2D eigenvalue weighted by molar-refractivity contribution is -0.141. The lowest BCUT2D eigenvalue weighted by atomic mass is 10.2. The number of nitrogens with zero attached hydrogens (tertiary/aromatic N) is 1. The van der Waals surface area contributed by atoms with Crippen LogP contribution in [0, 0.1) is 0 Å². The SMILES string of the molecule is COC(=O)CN(C)C(=O)c1cccc(N)c1. The van der Waals surface area contributed by atoms with Crippen molar-refractivity contribution in [3.63, 3.8) is 0 Å². The first kappa shape index (κ1) is 12.0. The van der Waals surface area contributed by atoms with E-state index >= 15 is 0 Å². The van der Waals surface area contributed by atoms with Gasteiger partial charge in [-0.25, -0.2) is 0 Å². The van der Waals surface area contributed by atoms with E-state index in [2.05, 4.69) is 4.74 Å². The normalized spacial score (nSPS) is 9.62. The largest absolute Gasteiger partial charge is 0.468 e. The van der Waals surface area contributed by atoms with Crippen LogP contribution >= 0.6 is 0 Å². The van der Waals surface area contributed by atoms with E-state index in [0.29, 0.717) is 11.3 Å². The first-order valence-corrected chi connectivity index (χ1v) is 4.72. The van der Waals surface area contributed by atoms with Crippen LogP contribution in [-0.2, 0) is 9.53 Å². The van der Waals surface area contributed by atoms with Crippen LogP contribution in [-0.4, -0.2) is 37.5 Å². The van der Waals surface area contributed by atoms with E-state index in [-0.39, 0.29) is 12.5 Å². The summed E-state index contributed by atoms with van der Waals surface area (Å²) in [7, 11) is 2.81. The highest BCUT2D eigenvalue weighted by molar-refractivity contribution is 5.96. The predicted molar refractivity (Wildman–Crippen MR) is 59.8 cm³/mol. The van der Waals surface area contributed by atoms with Gasteiger partial charge in [0.15, 0.2) is 0 Å². The molecule has 5 heteroatoms. The first-order chi connectivity index (χ1) is 7.54. The van der Waals surface area contributed by atoms with Crippen molar-refractivity contribution in [2.75, 3.05) is 26.4 Å². The lowest BCUT2D eigenvalue weighted by Crippen LogP contribution is -2.32. The molecule has 1 aromatic rings. The minimum absolute atomic E-state index is 0.0792. The van der Waals surface area contributed by atoms with Gasteiger partial charge in [0.1, 0.15) is 6.54 Å². The molecule has 0 radical (unpaired) electrons. The lowest BCUT2D eigenvalue weighted by Gasteiger charge is -2.15. The third-order valence-corrected chi connectivity index (χ3v) is 2.07. The van der Waals surface area contributed by atoms with Crippen LogP contribution < -0.4 is 5.73 Å². The Labute approximate surface area is 93.8 Å². The topological polar surface area (TPSA) is 72.6 Å². The molecule has 0 aromatic heterocycles. The highest BCUT2D eigenvalue weighted by Crippen LogP contribution is 2.08. The average Bonchev–Trinajstić information content (AvgIpc) is 2.27. The van der Waals surface area contributed by atoms with E-state index in [9.17, 15) is 9.59 Å². The summed E-state index contributed by atoms with van der Waals surface area (Å²) in [5.41, 5.74) is 6.52. The highest BCUT2D eigenvalue weighted by Gasteiger charge is 2.14. The van der Waals surface area contributed by atoms with Gasteiger partial charge in [-0.3, -0.25) is 9.59 Å². The van der Waals surface area contributed by atoms with Crippen LogP contribution in [0.2, 0.25) is 0 Å². The van der Waals surface area contributed by atoms with Crippen molar-refractivity contribution in [2.45, 2.75) is 0 Å².